The monoisotopic (exact) mass is 292 g/mol. The molecule has 5 heteroatoms. The second kappa shape index (κ2) is 5.35. The van der Waals surface area contributed by atoms with Gasteiger partial charge in [-0.15, -0.1) is 11.3 Å². The SMILES string of the molecule is CN=C(NCc1sc(C)nc1C)N1CCC2(CCC2)C1. The molecule has 0 bridgehead atoms. The van der Waals surface area contributed by atoms with Gasteiger partial charge in [0.05, 0.1) is 17.2 Å². The van der Waals surface area contributed by atoms with Gasteiger partial charge in [0.2, 0.25) is 0 Å². The fraction of sp³-hybridized carbons (Fsp3) is 0.733. The fourth-order valence-corrected chi connectivity index (χ4v) is 4.31. The zero-order valence-corrected chi connectivity index (χ0v) is 13.5. The van der Waals surface area contributed by atoms with Crippen LogP contribution in [0.4, 0.5) is 0 Å². The molecule has 0 radical (unpaired) electrons. The molecule has 1 saturated heterocycles. The molecule has 1 spiro atoms. The number of nitrogens with one attached hydrogen (secondary N) is 1. The van der Waals surface area contributed by atoms with Gasteiger partial charge in [-0.1, -0.05) is 6.42 Å². The van der Waals surface area contributed by atoms with E-state index in [2.05, 4.69) is 34.0 Å². The van der Waals surface area contributed by atoms with Gasteiger partial charge in [-0.25, -0.2) is 4.98 Å². The van der Waals surface area contributed by atoms with Crippen LogP contribution < -0.4 is 5.32 Å². The summed E-state index contributed by atoms with van der Waals surface area (Å²) >= 11 is 1.78. The number of aromatic nitrogens is 1. The Kier molecular flexibility index (Phi) is 3.71. The van der Waals surface area contributed by atoms with Crippen LogP contribution in [0.25, 0.3) is 0 Å². The highest BCUT2D eigenvalue weighted by atomic mass is 32.1. The summed E-state index contributed by atoms with van der Waals surface area (Å²) in [6.45, 7) is 7.33. The maximum Gasteiger partial charge on any atom is 0.193 e. The number of rotatable bonds is 2. The molecule has 1 N–H and O–H groups in total. The molecule has 110 valence electrons. The van der Waals surface area contributed by atoms with E-state index in [1.54, 1.807) is 11.3 Å². The summed E-state index contributed by atoms with van der Waals surface area (Å²) in [5.41, 5.74) is 1.77. The van der Waals surface area contributed by atoms with Gasteiger partial charge in [0.15, 0.2) is 5.96 Å². The largest absolute Gasteiger partial charge is 0.351 e. The third-order valence-corrected chi connectivity index (χ3v) is 5.84. The minimum Gasteiger partial charge on any atom is -0.351 e. The number of thiazole rings is 1. The van der Waals surface area contributed by atoms with Crippen molar-refractivity contribution in [2.75, 3.05) is 20.1 Å². The summed E-state index contributed by atoms with van der Waals surface area (Å²) in [5.74, 6) is 1.05. The Bertz CT molecular complexity index is 516. The van der Waals surface area contributed by atoms with E-state index in [-0.39, 0.29) is 0 Å². The molecule has 2 heterocycles. The second-order valence-corrected chi connectivity index (χ2v) is 7.46. The number of guanidine groups is 1. The Morgan fingerprint density at radius 1 is 1.40 bits per heavy atom. The maximum absolute atomic E-state index is 4.48. The number of likely N-dealkylation sites (tertiary alicyclic amines) is 1. The van der Waals surface area contributed by atoms with Crippen molar-refractivity contribution in [3.8, 4) is 0 Å². The summed E-state index contributed by atoms with van der Waals surface area (Å²) < 4.78 is 0. The van der Waals surface area contributed by atoms with Crippen molar-refractivity contribution >= 4 is 17.3 Å². The van der Waals surface area contributed by atoms with Gasteiger partial charge in [-0.2, -0.15) is 0 Å². The van der Waals surface area contributed by atoms with Crippen LogP contribution in [0.3, 0.4) is 0 Å². The van der Waals surface area contributed by atoms with Crippen LogP contribution in [0.5, 0.6) is 0 Å². The van der Waals surface area contributed by atoms with Crippen LogP contribution in [0.1, 0.15) is 41.3 Å². The van der Waals surface area contributed by atoms with Crippen LogP contribution in [0.15, 0.2) is 4.99 Å². The number of nitrogens with zero attached hydrogens (tertiary/aromatic N) is 3. The lowest BCUT2D eigenvalue weighted by atomic mass is 9.68. The van der Waals surface area contributed by atoms with Gasteiger partial charge >= 0.3 is 0 Å². The summed E-state index contributed by atoms with van der Waals surface area (Å²) in [5, 5.41) is 4.66. The lowest BCUT2D eigenvalue weighted by molar-refractivity contribution is 0.151. The summed E-state index contributed by atoms with van der Waals surface area (Å²) in [6, 6.07) is 0. The standard InChI is InChI=1S/C15H24N4S/c1-11-13(20-12(2)18-11)9-17-14(16-3)19-8-7-15(10-19)5-4-6-15/h4-10H2,1-3H3,(H,16,17). The molecule has 20 heavy (non-hydrogen) atoms. The zero-order valence-electron chi connectivity index (χ0n) is 12.7. The third kappa shape index (κ3) is 2.55. The minimum atomic E-state index is 0.620. The van der Waals surface area contributed by atoms with Gasteiger partial charge < -0.3 is 10.2 Å². The first-order valence-corrected chi connectivity index (χ1v) is 8.32. The maximum atomic E-state index is 4.48. The Balaban J connectivity index is 1.59. The average molecular weight is 292 g/mol. The van der Waals surface area contributed by atoms with E-state index in [0.29, 0.717) is 5.41 Å². The van der Waals surface area contributed by atoms with Crippen molar-refractivity contribution in [1.29, 1.82) is 0 Å². The first-order chi connectivity index (χ1) is 9.62. The van der Waals surface area contributed by atoms with E-state index < -0.39 is 0 Å². The highest BCUT2D eigenvalue weighted by Crippen LogP contribution is 2.47. The molecule has 0 aromatic carbocycles. The van der Waals surface area contributed by atoms with Crippen LogP contribution in [0.2, 0.25) is 0 Å². The number of hydrogen-bond acceptors (Lipinski definition) is 3. The van der Waals surface area contributed by atoms with Crippen molar-refractivity contribution in [3.63, 3.8) is 0 Å². The lowest BCUT2D eigenvalue weighted by Crippen LogP contribution is -2.42. The predicted molar refractivity (Wildman–Crippen MR) is 84.3 cm³/mol. The molecule has 1 aromatic rings. The first kappa shape index (κ1) is 13.9. The summed E-state index contributed by atoms with van der Waals surface area (Å²) in [6.07, 6.45) is 5.58. The molecule has 1 aliphatic carbocycles. The molecular weight excluding hydrogens is 268 g/mol. The van der Waals surface area contributed by atoms with Gasteiger partial charge in [0.1, 0.15) is 0 Å². The summed E-state index contributed by atoms with van der Waals surface area (Å²) in [7, 11) is 1.89. The van der Waals surface area contributed by atoms with Crippen LogP contribution in [-0.4, -0.2) is 36.0 Å². The normalized spacial score (nSPS) is 21.4. The Hall–Kier alpha value is -1.10. The van der Waals surface area contributed by atoms with Crippen molar-refractivity contribution in [1.82, 2.24) is 15.2 Å². The van der Waals surface area contributed by atoms with E-state index in [1.807, 2.05) is 7.05 Å². The Labute approximate surface area is 125 Å². The van der Waals surface area contributed by atoms with E-state index in [9.17, 15) is 0 Å². The van der Waals surface area contributed by atoms with Gasteiger partial charge in [0.25, 0.3) is 0 Å². The van der Waals surface area contributed by atoms with Crippen LogP contribution in [0, 0.1) is 19.3 Å². The Morgan fingerprint density at radius 3 is 2.70 bits per heavy atom. The molecule has 0 atom stereocenters. The van der Waals surface area contributed by atoms with E-state index in [0.717, 1.165) is 29.8 Å². The molecule has 2 aliphatic rings. The fourth-order valence-electron chi connectivity index (χ4n) is 3.43. The Morgan fingerprint density at radius 2 is 2.20 bits per heavy atom. The molecule has 1 aliphatic heterocycles. The predicted octanol–water partition coefficient (Wildman–Crippen LogP) is 2.71. The van der Waals surface area contributed by atoms with E-state index >= 15 is 0 Å². The van der Waals surface area contributed by atoms with Crippen molar-refractivity contribution in [2.24, 2.45) is 10.4 Å². The van der Waals surface area contributed by atoms with E-state index in [1.165, 1.54) is 37.1 Å². The zero-order chi connectivity index (χ0) is 14.2. The van der Waals surface area contributed by atoms with Gasteiger partial charge in [0, 0.05) is 25.0 Å². The molecule has 1 aromatic heterocycles. The van der Waals surface area contributed by atoms with Crippen molar-refractivity contribution in [3.05, 3.63) is 15.6 Å². The summed E-state index contributed by atoms with van der Waals surface area (Å²) in [4.78, 5) is 12.7. The smallest absolute Gasteiger partial charge is 0.193 e. The quantitative estimate of drug-likeness (QED) is 0.673. The molecule has 4 nitrogen and oxygen atoms in total. The van der Waals surface area contributed by atoms with Crippen molar-refractivity contribution in [2.45, 2.75) is 46.1 Å². The molecular formula is C15H24N4S. The lowest BCUT2D eigenvalue weighted by Gasteiger charge is -2.38. The highest BCUT2D eigenvalue weighted by Gasteiger charge is 2.43. The average Bonchev–Trinajstić information content (AvgIpc) is 2.94. The van der Waals surface area contributed by atoms with Crippen LogP contribution in [-0.2, 0) is 6.54 Å². The second-order valence-electron chi connectivity index (χ2n) is 6.17. The number of aliphatic imine (C=N–C) groups is 1. The number of hydrogen-bond donors (Lipinski definition) is 1. The third-order valence-electron chi connectivity index (χ3n) is 4.77. The molecule has 0 unspecified atom stereocenters. The van der Waals surface area contributed by atoms with E-state index in [4.69, 9.17) is 0 Å². The first-order valence-electron chi connectivity index (χ1n) is 7.50. The number of aryl methyl sites for hydroxylation is 2. The molecule has 3 rings (SSSR count). The molecule has 1 saturated carbocycles. The molecule has 2 fully saturated rings. The molecule has 0 amide bonds. The van der Waals surface area contributed by atoms with Gasteiger partial charge in [-0.3, -0.25) is 4.99 Å². The van der Waals surface area contributed by atoms with Crippen LogP contribution >= 0.6 is 11.3 Å². The van der Waals surface area contributed by atoms with Gasteiger partial charge in [-0.05, 0) is 38.5 Å². The minimum absolute atomic E-state index is 0.620. The topological polar surface area (TPSA) is 40.5 Å². The highest BCUT2D eigenvalue weighted by molar-refractivity contribution is 7.11. The van der Waals surface area contributed by atoms with Crippen molar-refractivity contribution < 1.29 is 0 Å².